The minimum absolute atomic E-state index is 0.0612. The topological polar surface area (TPSA) is 45.2 Å². The third-order valence-corrected chi connectivity index (χ3v) is 3.40. The summed E-state index contributed by atoms with van der Waals surface area (Å²) in [6.07, 6.45) is 5.69. The quantitative estimate of drug-likeness (QED) is 0.840. The fourth-order valence-corrected chi connectivity index (χ4v) is 2.27. The predicted molar refractivity (Wildman–Crippen MR) is 67.8 cm³/mol. The maximum Gasteiger partial charge on any atom is 0.244 e. The van der Waals surface area contributed by atoms with Crippen molar-refractivity contribution in [3.05, 3.63) is 24.5 Å². The van der Waals surface area contributed by atoms with Gasteiger partial charge < -0.3 is 10.2 Å². The number of pyridine rings is 1. The smallest absolute Gasteiger partial charge is 0.244 e. The first-order valence-corrected chi connectivity index (χ1v) is 6.11. The van der Waals surface area contributed by atoms with Gasteiger partial charge in [0.05, 0.1) is 17.9 Å². The second-order valence-corrected chi connectivity index (χ2v) is 4.66. The lowest BCUT2D eigenvalue weighted by molar-refractivity contribution is -0.121. The van der Waals surface area contributed by atoms with E-state index in [0.717, 1.165) is 25.1 Å². The number of nitrogens with one attached hydrogen (secondary N) is 1. The fraction of sp³-hybridized carbons (Fsp3) is 0.538. The number of rotatable bonds is 2. The van der Waals surface area contributed by atoms with Crippen LogP contribution >= 0.6 is 0 Å². The van der Waals surface area contributed by atoms with Gasteiger partial charge in [-0.25, -0.2) is 0 Å². The molecule has 4 nitrogen and oxygen atoms in total. The molecule has 2 heterocycles. The second kappa shape index (κ2) is 5.27. The molecule has 0 radical (unpaired) electrons. The van der Waals surface area contributed by atoms with E-state index in [2.05, 4.69) is 17.2 Å². The molecule has 0 saturated carbocycles. The predicted octanol–water partition coefficient (Wildman–Crippen LogP) is 1.43. The molecule has 92 valence electrons. The Kier molecular flexibility index (Phi) is 3.74. The summed E-state index contributed by atoms with van der Waals surface area (Å²) in [5.41, 5.74) is 0.845. The van der Waals surface area contributed by atoms with Crippen LogP contribution in [0.1, 0.15) is 19.8 Å². The van der Waals surface area contributed by atoms with Crippen molar-refractivity contribution in [2.24, 2.45) is 5.92 Å². The molecule has 1 amide bonds. The Morgan fingerprint density at radius 1 is 1.59 bits per heavy atom. The fourth-order valence-electron chi connectivity index (χ4n) is 2.27. The molecule has 1 aliphatic rings. The van der Waals surface area contributed by atoms with Gasteiger partial charge in [-0.2, -0.15) is 0 Å². The number of carbonyl (C=O) groups is 1. The molecule has 0 spiro atoms. The molecule has 0 aromatic carbocycles. The van der Waals surface area contributed by atoms with Crippen molar-refractivity contribution in [2.45, 2.75) is 25.8 Å². The Hall–Kier alpha value is -1.42. The third kappa shape index (κ3) is 2.64. The minimum atomic E-state index is -0.0612. The summed E-state index contributed by atoms with van der Waals surface area (Å²) in [4.78, 5) is 18.1. The van der Waals surface area contributed by atoms with Crippen LogP contribution in [0.2, 0.25) is 0 Å². The third-order valence-electron chi connectivity index (χ3n) is 3.40. The van der Waals surface area contributed by atoms with Crippen LogP contribution in [0.25, 0.3) is 0 Å². The van der Waals surface area contributed by atoms with Crippen molar-refractivity contribution in [3.8, 4) is 0 Å². The zero-order chi connectivity index (χ0) is 12.3. The van der Waals surface area contributed by atoms with E-state index in [0.29, 0.717) is 5.92 Å². The van der Waals surface area contributed by atoms with E-state index in [-0.39, 0.29) is 11.9 Å². The molecule has 1 saturated heterocycles. The van der Waals surface area contributed by atoms with Crippen molar-refractivity contribution in [2.75, 3.05) is 18.5 Å². The molecule has 17 heavy (non-hydrogen) atoms. The Morgan fingerprint density at radius 2 is 2.41 bits per heavy atom. The Balaban J connectivity index is 2.09. The molecule has 4 heteroatoms. The van der Waals surface area contributed by atoms with E-state index in [1.54, 1.807) is 17.3 Å². The first kappa shape index (κ1) is 12.0. The summed E-state index contributed by atoms with van der Waals surface area (Å²) in [7, 11) is 1.81. The van der Waals surface area contributed by atoms with Crippen LogP contribution in [0.4, 0.5) is 5.69 Å². The molecule has 2 rings (SSSR count). The standard InChI is InChI=1S/C13H19N3O/c1-10-5-3-8-15-12(10)13(17)16(2)11-6-4-7-14-9-11/h4,6-7,9-10,12,15H,3,5,8H2,1-2H3. The highest BCUT2D eigenvalue weighted by atomic mass is 16.2. The van der Waals surface area contributed by atoms with Gasteiger partial charge in [0.25, 0.3) is 0 Å². The average molecular weight is 233 g/mol. The van der Waals surface area contributed by atoms with Crippen LogP contribution in [0.15, 0.2) is 24.5 Å². The van der Waals surface area contributed by atoms with Gasteiger partial charge in [0.15, 0.2) is 0 Å². The molecule has 2 atom stereocenters. The van der Waals surface area contributed by atoms with Crippen LogP contribution in [-0.4, -0.2) is 30.5 Å². The molecule has 2 unspecified atom stereocenters. The highest BCUT2D eigenvalue weighted by Gasteiger charge is 2.29. The van der Waals surface area contributed by atoms with E-state index in [4.69, 9.17) is 0 Å². The molecule has 0 bridgehead atoms. The number of carbonyl (C=O) groups excluding carboxylic acids is 1. The summed E-state index contributed by atoms with van der Waals surface area (Å²) < 4.78 is 0. The zero-order valence-corrected chi connectivity index (χ0v) is 10.4. The highest BCUT2D eigenvalue weighted by Crippen LogP contribution is 2.19. The zero-order valence-electron chi connectivity index (χ0n) is 10.4. The average Bonchev–Trinajstić information content (AvgIpc) is 2.39. The van der Waals surface area contributed by atoms with E-state index in [1.165, 1.54) is 0 Å². The van der Waals surface area contributed by atoms with Crippen molar-refractivity contribution >= 4 is 11.6 Å². The highest BCUT2D eigenvalue weighted by molar-refractivity contribution is 5.96. The number of anilines is 1. The number of hydrogen-bond acceptors (Lipinski definition) is 3. The lowest BCUT2D eigenvalue weighted by Crippen LogP contribution is -2.51. The van der Waals surface area contributed by atoms with Crippen molar-refractivity contribution in [1.29, 1.82) is 0 Å². The SMILES string of the molecule is CC1CCCNC1C(=O)N(C)c1cccnc1. The number of amides is 1. The number of aromatic nitrogens is 1. The molecular formula is C13H19N3O. The van der Waals surface area contributed by atoms with Crippen LogP contribution in [-0.2, 0) is 4.79 Å². The Labute approximate surface area is 102 Å². The Morgan fingerprint density at radius 3 is 3.06 bits per heavy atom. The maximum atomic E-state index is 12.3. The van der Waals surface area contributed by atoms with Crippen LogP contribution in [0.3, 0.4) is 0 Å². The summed E-state index contributed by atoms with van der Waals surface area (Å²) in [5, 5.41) is 3.31. The lowest BCUT2D eigenvalue weighted by Gasteiger charge is -2.32. The van der Waals surface area contributed by atoms with Gasteiger partial charge in [-0.05, 0) is 37.4 Å². The molecule has 0 aliphatic carbocycles. The summed E-state index contributed by atoms with van der Waals surface area (Å²) >= 11 is 0. The monoisotopic (exact) mass is 233 g/mol. The second-order valence-electron chi connectivity index (χ2n) is 4.66. The number of nitrogens with zero attached hydrogens (tertiary/aromatic N) is 2. The summed E-state index contributed by atoms with van der Waals surface area (Å²) in [6, 6.07) is 3.68. The largest absolute Gasteiger partial charge is 0.313 e. The summed E-state index contributed by atoms with van der Waals surface area (Å²) in [6.45, 7) is 3.06. The molecule has 1 aromatic rings. The number of piperidine rings is 1. The van der Waals surface area contributed by atoms with E-state index in [1.807, 2.05) is 19.2 Å². The minimum Gasteiger partial charge on any atom is -0.313 e. The van der Waals surface area contributed by atoms with Gasteiger partial charge in [0, 0.05) is 13.2 Å². The van der Waals surface area contributed by atoms with Crippen molar-refractivity contribution < 1.29 is 4.79 Å². The lowest BCUT2D eigenvalue weighted by atomic mass is 9.92. The van der Waals surface area contributed by atoms with Crippen molar-refractivity contribution in [3.63, 3.8) is 0 Å². The van der Waals surface area contributed by atoms with Gasteiger partial charge in [0.2, 0.25) is 5.91 Å². The Bertz CT molecular complexity index is 380. The van der Waals surface area contributed by atoms with Crippen LogP contribution < -0.4 is 10.2 Å². The molecule has 1 fully saturated rings. The first-order valence-electron chi connectivity index (χ1n) is 6.11. The van der Waals surface area contributed by atoms with E-state index >= 15 is 0 Å². The number of likely N-dealkylation sites (N-methyl/N-ethyl adjacent to an activating group) is 1. The molecular weight excluding hydrogens is 214 g/mol. The molecule has 1 N–H and O–H groups in total. The van der Waals surface area contributed by atoms with Gasteiger partial charge >= 0.3 is 0 Å². The molecule has 1 aromatic heterocycles. The van der Waals surface area contributed by atoms with Gasteiger partial charge in [-0.15, -0.1) is 0 Å². The van der Waals surface area contributed by atoms with Gasteiger partial charge in [-0.3, -0.25) is 9.78 Å². The first-order chi connectivity index (χ1) is 8.20. The van der Waals surface area contributed by atoms with Crippen LogP contribution in [0, 0.1) is 5.92 Å². The van der Waals surface area contributed by atoms with Crippen LogP contribution in [0.5, 0.6) is 0 Å². The van der Waals surface area contributed by atoms with E-state index in [9.17, 15) is 4.79 Å². The maximum absolute atomic E-state index is 12.3. The summed E-state index contributed by atoms with van der Waals surface area (Å²) in [5.74, 6) is 0.528. The normalized spacial score (nSPS) is 24.4. The number of hydrogen-bond donors (Lipinski definition) is 1. The van der Waals surface area contributed by atoms with Crippen molar-refractivity contribution in [1.82, 2.24) is 10.3 Å². The van der Waals surface area contributed by atoms with Gasteiger partial charge in [-0.1, -0.05) is 6.92 Å². The molecule has 1 aliphatic heterocycles. The van der Waals surface area contributed by atoms with E-state index < -0.39 is 0 Å². The van der Waals surface area contributed by atoms with Gasteiger partial charge in [0.1, 0.15) is 0 Å².